The van der Waals surface area contributed by atoms with Gasteiger partial charge in [-0.25, -0.2) is 0 Å². The molecule has 0 amide bonds. The fourth-order valence-corrected chi connectivity index (χ4v) is 1.44. The van der Waals surface area contributed by atoms with Crippen molar-refractivity contribution in [1.82, 2.24) is 0 Å². The fraction of sp³-hybridized carbons (Fsp3) is 0.417. The van der Waals surface area contributed by atoms with Crippen molar-refractivity contribution in [1.29, 1.82) is 0 Å². The number of ether oxygens (including phenoxy) is 1. The summed E-state index contributed by atoms with van der Waals surface area (Å²) in [5.41, 5.74) is 1.80. The number of aryl methyl sites for hydroxylation is 1. The Kier molecular flexibility index (Phi) is 3.69. The molecule has 0 saturated carbocycles. The van der Waals surface area contributed by atoms with Crippen LogP contribution in [0.5, 0.6) is 5.75 Å². The number of rotatable bonds is 4. The van der Waals surface area contributed by atoms with Gasteiger partial charge in [0, 0.05) is 12.0 Å². The first kappa shape index (κ1) is 10.8. The molecule has 0 fully saturated rings. The molecular weight excluding hydrogens is 176 g/mol. The highest BCUT2D eigenvalue weighted by atomic mass is 16.5. The van der Waals surface area contributed by atoms with Gasteiger partial charge in [0.25, 0.3) is 0 Å². The molecule has 0 aromatic heterocycles. The molecule has 1 rings (SSSR count). The number of ketones is 1. The number of carbonyl (C=O) groups is 1. The zero-order valence-corrected chi connectivity index (χ0v) is 8.96. The van der Waals surface area contributed by atoms with E-state index in [2.05, 4.69) is 0 Å². The molecule has 0 unspecified atom stereocenters. The number of hydrogen-bond acceptors (Lipinski definition) is 2. The van der Waals surface area contributed by atoms with Gasteiger partial charge < -0.3 is 4.74 Å². The van der Waals surface area contributed by atoms with Gasteiger partial charge in [-0.1, -0.05) is 6.92 Å². The number of Topliss-reactive ketones (excluding diaryl/α,β-unsaturated/α-hetero) is 1. The molecular formula is C12H16O2. The number of carbonyl (C=O) groups excluding carboxylic acids is 1. The monoisotopic (exact) mass is 192 g/mol. The predicted octanol–water partition coefficient (Wildman–Crippen LogP) is 2.99. The van der Waals surface area contributed by atoms with Crippen LogP contribution in [0.15, 0.2) is 18.2 Å². The maximum absolute atomic E-state index is 11.6. The van der Waals surface area contributed by atoms with Gasteiger partial charge in [0.15, 0.2) is 5.78 Å². The van der Waals surface area contributed by atoms with Crippen LogP contribution in [0.2, 0.25) is 0 Å². The highest BCUT2D eigenvalue weighted by molar-refractivity contribution is 5.97. The smallest absolute Gasteiger partial charge is 0.163 e. The van der Waals surface area contributed by atoms with Crippen molar-refractivity contribution in [2.75, 3.05) is 7.11 Å². The first-order valence-electron chi connectivity index (χ1n) is 4.87. The summed E-state index contributed by atoms with van der Waals surface area (Å²) in [7, 11) is 1.63. The maximum Gasteiger partial charge on any atom is 0.163 e. The van der Waals surface area contributed by atoms with E-state index in [0.29, 0.717) is 6.42 Å². The van der Waals surface area contributed by atoms with Crippen molar-refractivity contribution in [2.24, 2.45) is 0 Å². The Labute approximate surface area is 84.9 Å². The highest BCUT2D eigenvalue weighted by Gasteiger charge is 2.08. The number of hydrogen-bond donors (Lipinski definition) is 0. The van der Waals surface area contributed by atoms with E-state index in [4.69, 9.17) is 4.74 Å². The molecule has 0 saturated heterocycles. The third kappa shape index (κ3) is 2.34. The minimum Gasteiger partial charge on any atom is -0.497 e. The Bertz CT molecular complexity index is 329. The lowest BCUT2D eigenvalue weighted by molar-refractivity contribution is 0.0981. The van der Waals surface area contributed by atoms with Crippen molar-refractivity contribution in [3.8, 4) is 5.75 Å². The SMILES string of the molecule is CCCC(=O)c1ccc(OC)cc1C. The first-order chi connectivity index (χ1) is 6.69. The van der Waals surface area contributed by atoms with Crippen LogP contribution >= 0.6 is 0 Å². The molecule has 0 bridgehead atoms. The number of benzene rings is 1. The van der Waals surface area contributed by atoms with Crippen LogP contribution < -0.4 is 4.74 Å². The predicted molar refractivity (Wildman–Crippen MR) is 57.0 cm³/mol. The zero-order valence-electron chi connectivity index (χ0n) is 8.96. The van der Waals surface area contributed by atoms with Crippen LogP contribution in [0.25, 0.3) is 0 Å². The summed E-state index contributed by atoms with van der Waals surface area (Å²) >= 11 is 0. The van der Waals surface area contributed by atoms with E-state index in [1.165, 1.54) is 0 Å². The van der Waals surface area contributed by atoms with E-state index < -0.39 is 0 Å². The fourth-order valence-electron chi connectivity index (χ4n) is 1.44. The Morgan fingerprint density at radius 1 is 1.43 bits per heavy atom. The topological polar surface area (TPSA) is 26.3 Å². The van der Waals surface area contributed by atoms with E-state index in [9.17, 15) is 4.79 Å². The molecule has 0 spiro atoms. The Morgan fingerprint density at radius 2 is 2.14 bits per heavy atom. The van der Waals surface area contributed by atoms with Crippen molar-refractivity contribution in [3.05, 3.63) is 29.3 Å². The van der Waals surface area contributed by atoms with Crippen molar-refractivity contribution in [3.63, 3.8) is 0 Å². The number of methoxy groups -OCH3 is 1. The summed E-state index contributed by atoms with van der Waals surface area (Å²) in [6.07, 6.45) is 1.51. The molecule has 0 atom stereocenters. The average Bonchev–Trinajstić information content (AvgIpc) is 2.17. The minimum absolute atomic E-state index is 0.215. The summed E-state index contributed by atoms with van der Waals surface area (Å²) < 4.78 is 5.08. The Morgan fingerprint density at radius 3 is 2.64 bits per heavy atom. The van der Waals surface area contributed by atoms with Gasteiger partial charge in [0.2, 0.25) is 0 Å². The largest absolute Gasteiger partial charge is 0.497 e. The Balaban J connectivity index is 2.94. The molecule has 14 heavy (non-hydrogen) atoms. The molecule has 0 radical (unpaired) electrons. The molecule has 76 valence electrons. The summed E-state index contributed by atoms with van der Waals surface area (Å²) in [4.78, 5) is 11.6. The van der Waals surface area contributed by atoms with Crippen LogP contribution in [0.4, 0.5) is 0 Å². The standard InChI is InChI=1S/C12H16O2/c1-4-5-12(13)11-7-6-10(14-3)8-9(11)2/h6-8H,4-5H2,1-3H3. The van der Waals surface area contributed by atoms with Gasteiger partial charge in [-0.05, 0) is 37.1 Å². The van der Waals surface area contributed by atoms with E-state index in [-0.39, 0.29) is 5.78 Å². The van der Waals surface area contributed by atoms with E-state index in [1.54, 1.807) is 7.11 Å². The molecule has 0 aliphatic heterocycles. The third-order valence-electron chi connectivity index (χ3n) is 2.21. The lowest BCUT2D eigenvalue weighted by Gasteiger charge is -2.06. The van der Waals surface area contributed by atoms with Crippen LogP contribution in [-0.2, 0) is 0 Å². The molecule has 2 heteroatoms. The maximum atomic E-state index is 11.6. The summed E-state index contributed by atoms with van der Waals surface area (Å²) in [5.74, 6) is 1.02. The second-order valence-electron chi connectivity index (χ2n) is 3.35. The van der Waals surface area contributed by atoms with E-state index in [0.717, 1.165) is 23.3 Å². The van der Waals surface area contributed by atoms with Crippen LogP contribution in [0.1, 0.15) is 35.7 Å². The molecule has 0 heterocycles. The molecule has 0 aliphatic rings. The molecule has 1 aromatic rings. The average molecular weight is 192 g/mol. The van der Waals surface area contributed by atoms with Gasteiger partial charge in [0.1, 0.15) is 5.75 Å². The summed E-state index contributed by atoms with van der Waals surface area (Å²) in [6.45, 7) is 3.95. The quantitative estimate of drug-likeness (QED) is 0.685. The first-order valence-corrected chi connectivity index (χ1v) is 4.87. The van der Waals surface area contributed by atoms with Gasteiger partial charge in [-0.15, -0.1) is 0 Å². The molecule has 2 nitrogen and oxygen atoms in total. The normalized spacial score (nSPS) is 9.93. The molecule has 0 aliphatic carbocycles. The second kappa shape index (κ2) is 4.80. The lowest BCUT2D eigenvalue weighted by atomic mass is 10.0. The summed E-state index contributed by atoms with van der Waals surface area (Å²) in [6, 6.07) is 5.56. The van der Waals surface area contributed by atoms with Crippen LogP contribution in [-0.4, -0.2) is 12.9 Å². The van der Waals surface area contributed by atoms with Crippen LogP contribution in [0.3, 0.4) is 0 Å². The molecule has 0 N–H and O–H groups in total. The van der Waals surface area contributed by atoms with Gasteiger partial charge in [-0.2, -0.15) is 0 Å². The lowest BCUT2D eigenvalue weighted by Crippen LogP contribution is -2.01. The van der Waals surface area contributed by atoms with Gasteiger partial charge in [-0.3, -0.25) is 4.79 Å². The zero-order chi connectivity index (χ0) is 10.6. The van der Waals surface area contributed by atoms with E-state index in [1.807, 2.05) is 32.0 Å². The van der Waals surface area contributed by atoms with E-state index >= 15 is 0 Å². The van der Waals surface area contributed by atoms with Gasteiger partial charge >= 0.3 is 0 Å². The molecule has 1 aromatic carbocycles. The third-order valence-corrected chi connectivity index (χ3v) is 2.21. The summed E-state index contributed by atoms with van der Waals surface area (Å²) in [5, 5.41) is 0. The highest BCUT2D eigenvalue weighted by Crippen LogP contribution is 2.18. The van der Waals surface area contributed by atoms with Crippen molar-refractivity contribution >= 4 is 5.78 Å². The van der Waals surface area contributed by atoms with Gasteiger partial charge in [0.05, 0.1) is 7.11 Å². The van der Waals surface area contributed by atoms with Crippen molar-refractivity contribution in [2.45, 2.75) is 26.7 Å². The van der Waals surface area contributed by atoms with Crippen molar-refractivity contribution < 1.29 is 9.53 Å². The second-order valence-corrected chi connectivity index (χ2v) is 3.35. The van der Waals surface area contributed by atoms with Crippen LogP contribution in [0, 0.1) is 6.92 Å². The Hall–Kier alpha value is -1.31. The minimum atomic E-state index is 0.215.